The van der Waals surface area contributed by atoms with E-state index in [0.29, 0.717) is 13.0 Å². The van der Waals surface area contributed by atoms with Gasteiger partial charge in [-0.25, -0.2) is 9.86 Å². The third kappa shape index (κ3) is 2.54. The minimum Gasteiger partial charge on any atom is -0.465 e. The van der Waals surface area contributed by atoms with Crippen LogP contribution in [0.1, 0.15) is 40.0 Å². The Balaban J connectivity index is 3.32. The number of hydrogen-bond donors (Lipinski definition) is 1. The lowest BCUT2D eigenvalue weighted by molar-refractivity contribution is -0.191. The number of rotatable bonds is 2. The van der Waals surface area contributed by atoms with Crippen molar-refractivity contribution in [1.29, 1.82) is 0 Å². The van der Waals surface area contributed by atoms with Gasteiger partial charge >= 0.3 is 6.09 Å². The molecule has 110 valence electrons. The van der Waals surface area contributed by atoms with E-state index in [-0.39, 0.29) is 5.91 Å². The van der Waals surface area contributed by atoms with Crippen LogP contribution in [-0.2, 0) is 9.63 Å². The number of carboxylic acid groups (broad SMARTS) is 1. The Morgan fingerprint density at radius 1 is 1.32 bits per heavy atom. The second kappa shape index (κ2) is 5.36. The molecule has 0 saturated carbocycles. The van der Waals surface area contributed by atoms with Crippen LogP contribution in [0.5, 0.6) is 0 Å². The molecule has 6 heteroatoms. The van der Waals surface area contributed by atoms with Gasteiger partial charge in [0.05, 0.1) is 7.11 Å². The van der Waals surface area contributed by atoms with Crippen LogP contribution in [-0.4, -0.2) is 53.3 Å². The molecule has 0 spiro atoms. The number of carbonyl (C=O) groups is 2. The molecule has 6 nitrogen and oxygen atoms in total. The van der Waals surface area contributed by atoms with Crippen molar-refractivity contribution in [2.75, 3.05) is 20.7 Å². The van der Waals surface area contributed by atoms with Crippen molar-refractivity contribution in [2.45, 2.75) is 45.6 Å². The molecule has 0 bridgehead atoms. The van der Waals surface area contributed by atoms with Crippen molar-refractivity contribution < 1.29 is 19.5 Å². The van der Waals surface area contributed by atoms with E-state index < -0.39 is 17.0 Å². The lowest BCUT2D eigenvalue weighted by atomic mass is 9.67. The van der Waals surface area contributed by atoms with E-state index in [9.17, 15) is 14.7 Å². The van der Waals surface area contributed by atoms with Crippen LogP contribution < -0.4 is 0 Å². The summed E-state index contributed by atoms with van der Waals surface area (Å²) in [5.41, 5.74) is -1.57. The summed E-state index contributed by atoms with van der Waals surface area (Å²) in [6, 6.07) is 0. The largest absolute Gasteiger partial charge is 0.465 e. The maximum Gasteiger partial charge on any atom is 0.408 e. The lowest BCUT2D eigenvalue weighted by Crippen LogP contribution is -2.68. The predicted octanol–water partition coefficient (Wildman–Crippen LogP) is 1.95. The van der Waals surface area contributed by atoms with Crippen LogP contribution in [0.25, 0.3) is 0 Å². The maximum absolute atomic E-state index is 12.7. The lowest BCUT2D eigenvalue weighted by Gasteiger charge is -2.52. The highest BCUT2D eigenvalue weighted by Crippen LogP contribution is 2.43. The van der Waals surface area contributed by atoms with Crippen LogP contribution in [0.2, 0.25) is 0 Å². The molecule has 0 aliphatic carbocycles. The Morgan fingerprint density at radius 3 is 2.32 bits per heavy atom. The van der Waals surface area contributed by atoms with Crippen LogP contribution in [0.4, 0.5) is 4.79 Å². The summed E-state index contributed by atoms with van der Waals surface area (Å²) in [6.07, 6.45) is 1.10. The van der Waals surface area contributed by atoms with Gasteiger partial charge in [0, 0.05) is 13.6 Å². The van der Waals surface area contributed by atoms with Gasteiger partial charge in [0.1, 0.15) is 5.54 Å². The summed E-state index contributed by atoms with van der Waals surface area (Å²) in [5.74, 6) is -0.301. The molecule has 0 unspecified atom stereocenters. The van der Waals surface area contributed by atoms with Gasteiger partial charge in [0.15, 0.2) is 0 Å². The predicted molar refractivity (Wildman–Crippen MR) is 70.5 cm³/mol. The highest BCUT2D eigenvalue weighted by Gasteiger charge is 2.56. The first-order valence-corrected chi connectivity index (χ1v) is 6.51. The van der Waals surface area contributed by atoms with Gasteiger partial charge in [-0.3, -0.25) is 14.5 Å². The highest BCUT2D eigenvalue weighted by atomic mass is 16.7. The van der Waals surface area contributed by atoms with E-state index >= 15 is 0 Å². The van der Waals surface area contributed by atoms with E-state index in [0.717, 1.165) is 17.9 Å². The molecule has 1 fully saturated rings. The molecule has 0 aromatic heterocycles. The summed E-state index contributed by atoms with van der Waals surface area (Å²) < 4.78 is 0. The van der Waals surface area contributed by atoms with E-state index in [1.807, 2.05) is 20.8 Å². The Bertz CT molecular complexity index is 364. The van der Waals surface area contributed by atoms with Gasteiger partial charge in [0.25, 0.3) is 5.91 Å². The first-order valence-electron chi connectivity index (χ1n) is 6.51. The quantitative estimate of drug-likeness (QED) is 0.780. The van der Waals surface area contributed by atoms with Crippen LogP contribution in [0.15, 0.2) is 0 Å². The molecule has 19 heavy (non-hydrogen) atoms. The molecule has 1 rings (SSSR count). The van der Waals surface area contributed by atoms with E-state index in [1.54, 1.807) is 0 Å². The molecule has 1 aliphatic rings. The number of carbonyl (C=O) groups excluding carboxylic acids is 1. The highest BCUT2D eigenvalue weighted by molar-refractivity contribution is 5.90. The Hall–Kier alpha value is -1.30. The molecular formula is C13H24N2O4. The summed E-state index contributed by atoms with van der Waals surface area (Å²) in [6.45, 7) is 6.08. The fraction of sp³-hybridized carbons (Fsp3) is 0.846. The number of likely N-dealkylation sites (N-methyl/N-ethyl adjacent to an activating group) is 1. The van der Waals surface area contributed by atoms with Crippen molar-refractivity contribution in [3.8, 4) is 0 Å². The van der Waals surface area contributed by atoms with E-state index in [4.69, 9.17) is 4.84 Å². The van der Waals surface area contributed by atoms with E-state index in [1.165, 1.54) is 19.1 Å². The molecule has 1 aliphatic heterocycles. The van der Waals surface area contributed by atoms with Crippen molar-refractivity contribution in [3.63, 3.8) is 0 Å². The Kier molecular flexibility index (Phi) is 4.45. The van der Waals surface area contributed by atoms with Crippen molar-refractivity contribution in [1.82, 2.24) is 9.96 Å². The van der Waals surface area contributed by atoms with Gasteiger partial charge in [-0.05, 0) is 24.7 Å². The smallest absolute Gasteiger partial charge is 0.408 e. The maximum atomic E-state index is 12.7. The minimum atomic E-state index is -1.07. The molecule has 1 atom stereocenters. The van der Waals surface area contributed by atoms with E-state index in [2.05, 4.69) is 0 Å². The molecule has 1 saturated heterocycles. The van der Waals surface area contributed by atoms with Crippen molar-refractivity contribution in [2.24, 2.45) is 5.41 Å². The Morgan fingerprint density at radius 2 is 1.89 bits per heavy atom. The molecule has 0 aromatic carbocycles. The normalized spacial score (nSPS) is 24.2. The first-order chi connectivity index (χ1) is 8.68. The monoisotopic (exact) mass is 272 g/mol. The number of hydroxylamine groups is 2. The third-order valence-corrected chi connectivity index (χ3v) is 4.02. The molecule has 1 N–H and O–H groups in total. The van der Waals surface area contributed by atoms with Gasteiger partial charge in [-0.1, -0.05) is 20.8 Å². The van der Waals surface area contributed by atoms with Crippen LogP contribution >= 0.6 is 0 Å². The van der Waals surface area contributed by atoms with Gasteiger partial charge < -0.3 is 5.11 Å². The minimum absolute atomic E-state index is 0.301. The standard InChI is InChI=1S/C13H24N2O4/c1-12(2,3)13(10(16)14(4)19-5)8-6-7-9-15(13)11(17)18/h6-9H2,1-5H3,(H,17,18)/t13-/m1/s1. The number of piperidine rings is 1. The fourth-order valence-electron chi connectivity index (χ4n) is 2.90. The summed E-state index contributed by atoms with van der Waals surface area (Å²) in [5, 5.41) is 10.6. The zero-order valence-electron chi connectivity index (χ0n) is 12.4. The van der Waals surface area contributed by atoms with Crippen molar-refractivity contribution >= 4 is 12.0 Å². The summed E-state index contributed by atoms with van der Waals surface area (Å²) in [7, 11) is 2.92. The average Bonchev–Trinajstić information content (AvgIpc) is 2.35. The third-order valence-electron chi connectivity index (χ3n) is 4.02. The average molecular weight is 272 g/mol. The molecule has 1 heterocycles. The van der Waals surface area contributed by atoms with Crippen molar-refractivity contribution in [3.05, 3.63) is 0 Å². The Labute approximate surface area is 114 Å². The molecule has 0 radical (unpaired) electrons. The van der Waals surface area contributed by atoms with Gasteiger partial charge in [-0.15, -0.1) is 0 Å². The molecule has 0 aromatic rings. The van der Waals surface area contributed by atoms with Gasteiger partial charge in [0.2, 0.25) is 0 Å². The van der Waals surface area contributed by atoms with Crippen LogP contribution in [0, 0.1) is 5.41 Å². The first kappa shape index (κ1) is 15.8. The number of nitrogens with zero attached hydrogens (tertiary/aromatic N) is 2. The molecule has 2 amide bonds. The van der Waals surface area contributed by atoms with Crippen LogP contribution in [0.3, 0.4) is 0 Å². The SMILES string of the molecule is CON(C)C(=O)[C@@]1(C(C)(C)C)CCCCN1C(=O)O. The number of hydrogen-bond acceptors (Lipinski definition) is 3. The zero-order chi connectivity index (χ0) is 14.8. The summed E-state index contributed by atoms with van der Waals surface area (Å²) in [4.78, 5) is 30.5. The summed E-state index contributed by atoms with van der Waals surface area (Å²) >= 11 is 0. The molecular weight excluding hydrogens is 248 g/mol. The second-order valence-electron chi connectivity index (χ2n) is 5.99. The number of likely N-dealkylation sites (tertiary alicyclic amines) is 1. The second-order valence-corrected chi connectivity index (χ2v) is 5.99. The fourth-order valence-corrected chi connectivity index (χ4v) is 2.90. The topological polar surface area (TPSA) is 70.1 Å². The van der Waals surface area contributed by atoms with Gasteiger partial charge in [-0.2, -0.15) is 0 Å². The number of amides is 2. The zero-order valence-corrected chi connectivity index (χ0v) is 12.4.